The summed E-state index contributed by atoms with van der Waals surface area (Å²) < 4.78 is 7.46. The van der Waals surface area contributed by atoms with E-state index in [1.165, 1.54) is 11.3 Å². The lowest BCUT2D eigenvalue weighted by Gasteiger charge is -2.36. The molecule has 0 aliphatic carbocycles. The minimum absolute atomic E-state index is 0.0259. The van der Waals surface area contributed by atoms with Crippen molar-refractivity contribution >= 4 is 53.1 Å². The van der Waals surface area contributed by atoms with Crippen molar-refractivity contribution in [3.05, 3.63) is 59.0 Å². The number of thiophene rings is 1. The number of hydrogen-bond donors (Lipinski definition) is 3. The molecule has 3 N–H and O–H groups in total. The first-order valence-electron chi connectivity index (χ1n) is 12.7. The van der Waals surface area contributed by atoms with E-state index in [-0.39, 0.29) is 22.4 Å². The molecule has 0 saturated carbocycles. The molecule has 1 aliphatic rings. The monoisotopic (exact) mass is 537 g/mol. The maximum Gasteiger partial charge on any atom is 0.265 e. The summed E-state index contributed by atoms with van der Waals surface area (Å²) in [6.07, 6.45) is 2.29. The van der Waals surface area contributed by atoms with E-state index in [1.54, 1.807) is 18.2 Å². The average molecular weight is 538 g/mol. The molecule has 3 aromatic rings. The van der Waals surface area contributed by atoms with Gasteiger partial charge in [-0.25, -0.2) is 0 Å². The van der Waals surface area contributed by atoms with Crippen LogP contribution in [0.5, 0.6) is 5.75 Å². The van der Waals surface area contributed by atoms with E-state index < -0.39 is 20.3 Å². The summed E-state index contributed by atoms with van der Waals surface area (Å²) in [6.45, 7) is 11.3. The van der Waals surface area contributed by atoms with E-state index in [0.29, 0.717) is 29.3 Å². The van der Waals surface area contributed by atoms with Crippen LogP contribution in [0.1, 0.15) is 60.1 Å². The van der Waals surface area contributed by atoms with E-state index in [4.69, 9.17) is 4.43 Å². The number of carbonyl (C=O) groups excluding carboxylic acids is 3. The fourth-order valence-electron chi connectivity index (χ4n) is 3.92. The summed E-state index contributed by atoms with van der Waals surface area (Å²) in [5.41, 5.74) is 0.638. The molecule has 37 heavy (non-hydrogen) atoms. The minimum Gasteiger partial charge on any atom is -0.543 e. The molecule has 1 atom stereocenters. The fraction of sp³-hybridized carbons (Fsp3) is 0.393. The van der Waals surface area contributed by atoms with E-state index in [1.807, 2.05) is 30.3 Å². The van der Waals surface area contributed by atoms with E-state index >= 15 is 0 Å². The molecule has 2 heterocycles. The third-order valence-electron chi connectivity index (χ3n) is 7.15. The topological polar surface area (TPSA) is 96.5 Å². The van der Waals surface area contributed by atoms with Gasteiger partial charge in [-0.15, -0.1) is 11.3 Å². The molecule has 1 aliphatic heterocycles. The van der Waals surface area contributed by atoms with Gasteiger partial charge in [-0.3, -0.25) is 14.4 Å². The second-order valence-electron chi connectivity index (χ2n) is 11.0. The first-order valence-corrected chi connectivity index (χ1v) is 16.4. The predicted molar refractivity (Wildman–Crippen MR) is 152 cm³/mol. The quantitative estimate of drug-likeness (QED) is 0.339. The highest BCUT2D eigenvalue weighted by atomic mass is 32.1. The zero-order valence-corrected chi connectivity index (χ0v) is 23.9. The average Bonchev–Trinajstić information content (AvgIpc) is 3.17. The van der Waals surface area contributed by atoms with Crippen molar-refractivity contribution in [3.8, 4) is 5.75 Å². The van der Waals surface area contributed by atoms with Crippen LogP contribution in [0.3, 0.4) is 0 Å². The Labute approximate surface area is 223 Å². The number of hydrogen-bond acceptors (Lipinski definition) is 5. The molecule has 1 saturated heterocycles. The van der Waals surface area contributed by atoms with E-state index in [9.17, 15) is 14.4 Å². The number of amides is 3. The second kappa shape index (κ2) is 10.7. The number of anilines is 1. The standard InChI is InChI=1S/C28H35N3O4SSi/c1-28(2,3)37(4,5)35-19-13-14-21(30-27(34)24-16-18-10-6-7-12-23(18)36-24)20(17-19)25(32)31-22-11-8-9-15-29-26(22)33/h6-7,10,12-14,16-17,22H,8-9,11,15H2,1-5H3,(H,29,33)(H,30,34)(H,31,32). The number of carbonyl (C=O) groups is 3. The van der Waals surface area contributed by atoms with Gasteiger partial charge in [-0.1, -0.05) is 39.0 Å². The van der Waals surface area contributed by atoms with E-state index in [0.717, 1.165) is 22.9 Å². The Bertz CT molecular complexity index is 1300. The van der Waals surface area contributed by atoms with Crippen molar-refractivity contribution < 1.29 is 18.8 Å². The normalized spacial score (nSPS) is 16.6. The predicted octanol–water partition coefficient (Wildman–Crippen LogP) is 5.94. The summed E-state index contributed by atoms with van der Waals surface area (Å²) in [4.78, 5) is 39.7. The van der Waals surface area contributed by atoms with Crippen molar-refractivity contribution in [1.82, 2.24) is 10.6 Å². The molecular weight excluding hydrogens is 502 g/mol. The van der Waals surface area contributed by atoms with Crippen LogP contribution in [0.4, 0.5) is 5.69 Å². The molecule has 0 radical (unpaired) electrons. The van der Waals surface area contributed by atoms with Crippen LogP contribution in [0, 0.1) is 0 Å². The number of rotatable bonds is 6. The zero-order chi connectivity index (χ0) is 26.8. The molecule has 196 valence electrons. The third-order valence-corrected chi connectivity index (χ3v) is 12.6. The Morgan fingerprint density at radius 3 is 2.54 bits per heavy atom. The van der Waals surface area contributed by atoms with Crippen LogP contribution in [0.25, 0.3) is 10.1 Å². The van der Waals surface area contributed by atoms with Crippen molar-refractivity contribution in [3.63, 3.8) is 0 Å². The highest BCUT2D eigenvalue weighted by Crippen LogP contribution is 2.38. The summed E-state index contributed by atoms with van der Waals surface area (Å²) in [6, 6.07) is 14.2. The summed E-state index contributed by atoms with van der Waals surface area (Å²) in [7, 11) is -2.17. The second-order valence-corrected chi connectivity index (χ2v) is 16.8. The zero-order valence-electron chi connectivity index (χ0n) is 22.1. The highest BCUT2D eigenvalue weighted by Gasteiger charge is 2.39. The fourth-order valence-corrected chi connectivity index (χ4v) is 5.90. The highest BCUT2D eigenvalue weighted by molar-refractivity contribution is 7.20. The van der Waals surface area contributed by atoms with Gasteiger partial charge in [0.15, 0.2) is 0 Å². The molecule has 2 aromatic carbocycles. The third kappa shape index (κ3) is 6.22. The van der Waals surface area contributed by atoms with Gasteiger partial charge in [0.2, 0.25) is 14.2 Å². The van der Waals surface area contributed by atoms with Crippen LogP contribution >= 0.6 is 11.3 Å². The summed E-state index contributed by atoms with van der Waals surface area (Å²) in [5.74, 6) is -0.327. The Balaban J connectivity index is 1.64. The Hall–Kier alpha value is -3.17. The van der Waals surface area contributed by atoms with Crippen molar-refractivity contribution in [2.75, 3.05) is 11.9 Å². The first-order chi connectivity index (χ1) is 17.4. The molecule has 0 spiro atoms. The van der Waals surface area contributed by atoms with Crippen LogP contribution in [0.15, 0.2) is 48.5 Å². The van der Waals surface area contributed by atoms with Crippen molar-refractivity contribution in [2.24, 2.45) is 0 Å². The molecule has 1 unspecified atom stereocenters. The Morgan fingerprint density at radius 2 is 1.81 bits per heavy atom. The summed E-state index contributed by atoms with van der Waals surface area (Å²) in [5, 5.41) is 9.61. The summed E-state index contributed by atoms with van der Waals surface area (Å²) >= 11 is 1.40. The first kappa shape index (κ1) is 26.9. The molecule has 1 fully saturated rings. The van der Waals surface area contributed by atoms with Gasteiger partial charge in [-0.2, -0.15) is 0 Å². The van der Waals surface area contributed by atoms with Crippen molar-refractivity contribution in [2.45, 2.75) is 64.2 Å². The Morgan fingerprint density at radius 1 is 1.05 bits per heavy atom. The van der Waals surface area contributed by atoms with Gasteiger partial charge in [0.25, 0.3) is 11.8 Å². The van der Waals surface area contributed by atoms with Gasteiger partial charge >= 0.3 is 0 Å². The molecule has 7 nitrogen and oxygen atoms in total. The lowest BCUT2D eigenvalue weighted by Crippen LogP contribution is -2.45. The van der Waals surface area contributed by atoms with Crippen LogP contribution in [-0.2, 0) is 4.79 Å². The smallest absolute Gasteiger partial charge is 0.265 e. The SMILES string of the molecule is CC(C)(C)[Si](C)(C)Oc1ccc(NC(=O)c2cc3ccccc3s2)c(C(=O)NC2CCCCNC2=O)c1. The molecule has 0 bridgehead atoms. The van der Waals surface area contributed by atoms with E-state index in [2.05, 4.69) is 49.8 Å². The maximum atomic E-state index is 13.5. The Kier molecular flexibility index (Phi) is 7.75. The van der Waals surface area contributed by atoms with Gasteiger partial charge in [0.05, 0.1) is 16.1 Å². The number of fused-ring (bicyclic) bond motifs is 1. The molecule has 9 heteroatoms. The molecular formula is C28H35N3O4SSi. The van der Waals surface area contributed by atoms with Crippen LogP contribution in [-0.4, -0.2) is 38.6 Å². The minimum atomic E-state index is -2.17. The lowest BCUT2D eigenvalue weighted by atomic mass is 10.1. The molecule has 4 rings (SSSR count). The van der Waals surface area contributed by atoms with Gasteiger partial charge in [0, 0.05) is 11.2 Å². The van der Waals surface area contributed by atoms with Crippen LogP contribution in [0.2, 0.25) is 18.1 Å². The van der Waals surface area contributed by atoms with Crippen molar-refractivity contribution in [1.29, 1.82) is 0 Å². The number of nitrogens with one attached hydrogen (secondary N) is 3. The van der Waals surface area contributed by atoms with Gasteiger partial charge in [0.1, 0.15) is 11.8 Å². The lowest BCUT2D eigenvalue weighted by molar-refractivity contribution is -0.122. The largest absolute Gasteiger partial charge is 0.543 e. The van der Waals surface area contributed by atoms with Gasteiger partial charge < -0.3 is 20.4 Å². The molecule has 1 aromatic heterocycles. The van der Waals surface area contributed by atoms with Crippen LogP contribution < -0.4 is 20.4 Å². The molecule has 3 amide bonds. The maximum absolute atomic E-state index is 13.5. The van der Waals surface area contributed by atoms with Gasteiger partial charge in [-0.05, 0) is 73.1 Å². The number of benzene rings is 2.